The normalized spacial score (nSPS) is 11.9. The predicted molar refractivity (Wildman–Crippen MR) is 109 cm³/mol. The zero-order chi connectivity index (χ0) is 19.0. The number of halogens is 1. The summed E-state index contributed by atoms with van der Waals surface area (Å²) < 4.78 is 7.25. The zero-order valence-electron chi connectivity index (χ0n) is 14.5. The molecule has 0 amide bonds. The maximum Gasteiger partial charge on any atom is 0.155 e. The summed E-state index contributed by atoms with van der Waals surface area (Å²) in [4.78, 5) is 4.76. The molecule has 0 atom stereocenters. The number of ether oxygens (including phenoxy) is 1. The number of benzene rings is 2. The molecule has 2 aromatic heterocycles. The zero-order valence-corrected chi connectivity index (χ0v) is 15.2. The Morgan fingerprint density at radius 2 is 2.04 bits per heavy atom. The molecule has 0 bridgehead atoms. The molecule has 5 N–H and O–H groups in total. The highest BCUT2D eigenvalue weighted by molar-refractivity contribution is 6.32. The van der Waals surface area contributed by atoms with Crippen LogP contribution in [0, 0.1) is 0 Å². The Kier molecular flexibility index (Phi) is 4.21. The number of rotatable bonds is 4. The van der Waals surface area contributed by atoms with Crippen molar-refractivity contribution in [1.82, 2.24) is 9.38 Å². The number of methoxy groups -OCH3 is 1. The molecule has 136 valence electrons. The smallest absolute Gasteiger partial charge is 0.155 e. The van der Waals surface area contributed by atoms with Gasteiger partial charge in [0.25, 0.3) is 0 Å². The van der Waals surface area contributed by atoms with Gasteiger partial charge in [0.05, 0.1) is 28.7 Å². The van der Waals surface area contributed by atoms with Gasteiger partial charge in [0.15, 0.2) is 5.82 Å². The maximum absolute atomic E-state index is 6.23. The van der Waals surface area contributed by atoms with Crippen LogP contribution in [-0.4, -0.2) is 22.3 Å². The Morgan fingerprint density at radius 1 is 1.19 bits per heavy atom. The fraction of sp³-hybridized carbons (Fsp3) is 0.0526. The fourth-order valence-electron chi connectivity index (χ4n) is 2.99. The molecule has 2 aromatic carbocycles. The average Bonchev–Trinajstić information content (AvgIpc) is 3.17. The van der Waals surface area contributed by atoms with Crippen molar-refractivity contribution >= 4 is 45.5 Å². The first-order valence-electron chi connectivity index (χ1n) is 8.16. The van der Waals surface area contributed by atoms with Gasteiger partial charge in [-0.2, -0.15) is 5.10 Å². The van der Waals surface area contributed by atoms with Crippen molar-refractivity contribution < 1.29 is 4.74 Å². The van der Waals surface area contributed by atoms with Gasteiger partial charge in [0.1, 0.15) is 11.6 Å². The standard InChI is InChI=1S/C19H17ClN6O/c1-27-17-7-5-12(10-13(17)20)23-19-16-3-2-8-26(16)15-6-4-11(18(21)25-22)9-14(15)24-19/h2-10H,22H2,1H3,(H2,21,25)(H,23,24). The summed E-state index contributed by atoms with van der Waals surface area (Å²) in [6.45, 7) is 0. The van der Waals surface area contributed by atoms with E-state index in [0.717, 1.165) is 22.2 Å². The third-order valence-corrected chi connectivity index (χ3v) is 4.60. The van der Waals surface area contributed by atoms with E-state index in [1.54, 1.807) is 19.2 Å². The van der Waals surface area contributed by atoms with Crippen LogP contribution in [0.1, 0.15) is 5.56 Å². The van der Waals surface area contributed by atoms with Crippen molar-refractivity contribution in [3.05, 3.63) is 65.3 Å². The van der Waals surface area contributed by atoms with Gasteiger partial charge in [-0.05, 0) is 48.5 Å². The molecule has 4 aromatic rings. The maximum atomic E-state index is 6.23. The molecule has 0 unspecified atom stereocenters. The van der Waals surface area contributed by atoms with E-state index in [0.29, 0.717) is 22.2 Å². The molecule has 4 rings (SSSR count). The molecule has 27 heavy (non-hydrogen) atoms. The lowest BCUT2D eigenvalue weighted by Crippen LogP contribution is -2.15. The number of hydrazone groups is 1. The molecule has 7 nitrogen and oxygen atoms in total. The summed E-state index contributed by atoms with van der Waals surface area (Å²) in [7, 11) is 1.58. The van der Waals surface area contributed by atoms with Gasteiger partial charge in [-0.15, -0.1) is 0 Å². The van der Waals surface area contributed by atoms with Crippen molar-refractivity contribution in [3.63, 3.8) is 0 Å². The predicted octanol–water partition coefficient (Wildman–Crippen LogP) is 3.47. The topological polar surface area (TPSA) is 103 Å². The second-order valence-electron chi connectivity index (χ2n) is 5.92. The van der Waals surface area contributed by atoms with Gasteiger partial charge < -0.3 is 26.0 Å². The molecule has 0 aliphatic carbocycles. The van der Waals surface area contributed by atoms with Gasteiger partial charge >= 0.3 is 0 Å². The van der Waals surface area contributed by atoms with Crippen molar-refractivity contribution in [2.75, 3.05) is 12.4 Å². The monoisotopic (exact) mass is 380 g/mol. The third-order valence-electron chi connectivity index (χ3n) is 4.31. The number of nitrogens with zero attached hydrogens (tertiary/aromatic N) is 3. The van der Waals surface area contributed by atoms with Crippen LogP contribution in [0.4, 0.5) is 11.5 Å². The minimum absolute atomic E-state index is 0.253. The highest BCUT2D eigenvalue weighted by Crippen LogP contribution is 2.30. The molecule has 0 spiro atoms. The number of anilines is 2. The van der Waals surface area contributed by atoms with Crippen molar-refractivity contribution in [2.45, 2.75) is 0 Å². The van der Waals surface area contributed by atoms with Crippen LogP contribution >= 0.6 is 11.6 Å². The Morgan fingerprint density at radius 3 is 2.78 bits per heavy atom. The summed E-state index contributed by atoms with van der Waals surface area (Å²) >= 11 is 6.23. The molecule has 0 aliphatic heterocycles. The van der Waals surface area contributed by atoms with Gasteiger partial charge in [0, 0.05) is 17.4 Å². The molecule has 0 aliphatic rings. The SMILES string of the molecule is COc1ccc(Nc2nc3cc(/C(N)=N/N)ccc3n3cccc23)cc1Cl. The quantitative estimate of drug-likeness (QED) is 0.218. The summed E-state index contributed by atoms with van der Waals surface area (Å²) in [6, 6.07) is 15.1. The van der Waals surface area contributed by atoms with E-state index in [-0.39, 0.29) is 5.84 Å². The lowest BCUT2D eigenvalue weighted by molar-refractivity contribution is 0.415. The molecular formula is C19H17ClN6O. The largest absolute Gasteiger partial charge is 0.495 e. The van der Waals surface area contributed by atoms with E-state index >= 15 is 0 Å². The number of fused-ring (bicyclic) bond motifs is 3. The van der Waals surface area contributed by atoms with Crippen LogP contribution in [-0.2, 0) is 0 Å². The molecule has 0 radical (unpaired) electrons. The average molecular weight is 381 g/mol. The van der Waals surface area contributed by atoms with Gasteiger partial charge in [-0.3, -0.25) is 0 Å². The van der Waals surface area contributed by atoms with E-state index in [2.05, 4.69) is 14.8 Å². The Bertz CT molecular complexity index is 1180. The first-order valence-corrected chi connectivity index (χ1v) is 8.53. The molecule has 0 saturated carbocycles. The van der Waals surface area contributed by atoms with Crippen LogP contribution in [0.25, 0.3) is 16.6 Å². The Balaban J connectivity index is 1.85. The minimum atomic E-state index is 0.253. The summed E-state index contributed by atoms with van der Waals surface area (Å²) in [5, 5.41) is 7.39. The second-order valence-corrected chi connectivity index (χ2v) is 6.32. The van der Waals surface area contributed by atoms with Crippen LogP contribution in [0.2, 0.25) is 5.02 Å². The number of aromatic nitrogens is 2. The van der Waals surface area contributed by atoms with Crippen LogP contribution in [0.5, 0.6) is 5.75 Å². The number of hydrogen-bond donors (Lipinski definition) is 3. The highest BCUT2D eigenvalue weighted by Gasteiger charge is 2.11. The fourth-order valence-corrected chi connectivity index (χ4v) is 3.24. The number of nitrogens with two attached hydrogens (primary N) is 2. The van der Waals surface area contributed by atoms with Crippen LogP contribution in [0.15, 0.2) is 59.8 Å². The van der Waals surface area contributed by atoms with Crippen LogP contribution in [0.3, 0.4) is 0 Å². The lowest BCUT2D eigenvalue weighted by Gasteiger charge is -2.12. The van der Waals surface area contributed by atoms with E-state index in [1.807, 2.05) is 42.6 Å². The second kappa shape index (κ2) is 6.69. The van der Waals surface area contributed by atoms with E-state index in [4.69, 9.17) is 32.9 Å². The summed E-state index contributed by atoms with van der Waals surface area (Å²) in [5.74, 6) is 6.85. The molecule has 0 fully saturated rings. The van der Waals surface area contributed by atoms with E-state index < -0.39 is 0 Å². The third kappa shape index (κ3) is 2.98. The number of hydrogen-bond acceptors (Lipinski definition) is 5. The number of nitrogens with one attached hydrogen (secondary N) is 1. The Labute approximate surface area is 160 Å². The van der Waals surface area contributed by atoms with Crippen molar-refractivity contribution in [3.8, 4) is 5.75 Å². The molecule has 8 heteroatoms. The lowest BCUT2D eigenvalue weighted by atomic mass is 10.1. The van der Waals surface area contributed by atoms with Crippen LogP contribution < -0.4 is 21.6 Å². The summed E-state index contributed by atoms with van der Waals surface area (Å²) in [6.07, 6.45) is 1.98. The van der Waals surface area contributed by atoms with Gasteiger partial charge in [-0.1, -0.05) is 11.6 Å². The first kappa shape index (κ1) is 17.0. The van der Waals surface area contributed by atoms with E-state index in [9.17, 15) is 0 Å². The Hall–Kier alpha value is -3.45. The van der Waals surface area contributed by atoms with Crippen molar-refractivity contribution in [1.29, 1.82) is 0 Å². The van der Waals surface area contributed by atoms with Gasteiger partial charge in [0.2, 0.25) is 0 Å². The number of amidine groups is 1. The molecule has 0 saturated heterocycles. The summed E-state index contributed by atoms with van der Waals surface area (Å²) in [5.41, 5.74) is 9.98. The molecule has 2 heterocycles. The molecular weight excluding hydrogens is 364 g/mol. The highest BCUT2D eigenvalue weighted by atomic mass is 35.5. The minimum Gasteiger partial charge on any atom is -0.495 e. The van der Waals surface area contributed by atoms with E-state index in [1.165, 1.54) is 0 Å². The van der Waals surface area contributed by atoms with Gasteiger partial charge in [-0.25, -0.2) is 4.98 Å². The van der Waals surface area contributed by atoms with Crippen molar-refractivity contribution in [2.24, 2.45) is 16.7 Å². The first-order chi connectivity index (χ1) is 13.1.